The zero-order valence-electron chi connectivity index (χ0n) is 20.3. The number of nitrogens with zero attached hydrogens (tertiary/aromatic N) is 3. The minimum Gasteiger partial charge on any atom is -0.360 e. The zero-order chi connectivity index (χ0) is 25.2. The molecule has 0 saturated carbocycles. The predicted molar refractivity (Wildman–Crippen MR) is 138 cm³/mol. The lowest BCUT2D eigenvalue weighted by Crippen LogP contribution is -2.50. The van der Waals surface area contributed by atoms with Gasteiger partial charge in [0.25, 0.3) is 0 Å². The van der Waals surface area contributed by atoms with Crippen molar-refractivity contribution in [1.82, 2.24) is 20.3 Å². The number of nitrogens with one attached hydrogen (secondary N) is 3. The van der Waals surface area contributed by atoms with Gasteiger partial charge < -0.3 is 20.2 Å². The minimum atomic E-state index is -3.53. The van der Waals surface area contributed by atoms with Crippen molar-refractivity contribution in [2.75, 3.05) is 30.9 Å². The first-order chi connectivity index (χ1) is 16.4. The molecule has 35 heavy (non-hydrogen) atoms. The molecule has 5 rings (SSSR count). The second-order valence-electron chi connectivity index (χ2n) is 10.4. The number of hydrogen-bond acceptors (Lipinski definition) is 8. The van der Waals surface area contributed by atoms with Gasteiger partial charge in [-0.2, -0.15) is 5.26 Å². The summed E-state index contributed by atoms with van der Waals surface area (Å²) in [5, 5.41) is 17.7. The van der Waals surface area contributed by atoms with Gasteiger partial charge in [0.15, 0.2) is 9.84 Å². The van der Waals surface area contributed by atoms with E-state index in [1.807, 2.05) is 0 Å². The van der Waals surface area contributed by atoms with Gasteiger partial charge in [-0.3, -0.25) is 0 Å². The fourth-order valence-electron chi connectivity index (χ4n) is 5.03. The number of benzene rings is 1. The Kier molecular flexibility index (Phi) is 5.59. The molecule has 1 saturated heterocycles. The van der Waals surface area contributed by atoms with Gasteiger partial charge >= 0.3 is 0 Å². The standard InChI is InChI=1S/C24H29N6O3PS/c1-24(2)9-7-15(12-27-24)28-23-29-18-8-10-35(32,33)22(18)20(30-23)17-13-26-19-16(17)6-5-14(11-25)21(19)34(3,4)31/h5-6,13,15,26-27H,7-10,12H2,1-4H3,(H,28,29,30)/t15-/m0/s1. The van der Waals surface area contributed by atoms with E-state index < -0.39 is 17.0 Å². The molecule has 3 aromatic rings. The van der Waals surface area contributed by atoms with Gasteiger partial charge in [0.1, 0.15) is 12.0 Å². The average molecular weight is 513 g/mol. The highest BCUT2D eigenvalue weighted by Gasteiger charge is 2.35. The number of rotatable bonds is 4. The van der Waals surface area contributed by atoms with Crippen molar-refractivity contribution < 1.29 is 13.0 Å². The molecule has 2 aromatic heterocycles. The van der Waals surface area contributed by atoms with Crippen LogP contribution in [-0.4, -0.2) is 60.6 Å². The Morgan fingerprint density at radius 1 is 1.26 bits per heavy atom. The Labute approximate surface area is 205 Å². The second-order valence-corrected chi connectivity index (χ2v) is 15.6. The van der Waals surface area contributed by atoms with Gasteiger partial charge in [0.2, 0.25) is 5.95 Å². The van der Waals surface area contributed by atoms with Crippen LogP contribution in [0, 0.1) is 11.3 Å². The topological polar surface area (TPSA) is 141 Å². The Bertz CT molecular complexity index is 1540. The van der Waals surface area contributed by atoms with Crippen molar-refractivity contribution in [3.63, 3.8) is 0 Å². The second kappa shape index (κ2) is 8.16. The molecule has 2 aliphatic heterocycles. The first kappa shape index (κ1) is 24.0. The SMILES string of the molecule is CC1(C)CC[C@H](Nc2nc3c(c(-c4c[nH]c5c(P(C)(C)=O)c(C#N)ccc45)n2)S(=O)(=O)CC3)CN1. The van der Waals surface area contributed by atoms with Crippen LogP contribution in [0.4, 0.5) is 5.95 Å². The van der Waals surface area contributed by atoms with Gasteiger partial charge in [-0.1, -0.05) is 6.07 Å². The maximum absolute atomic E-state index is 13.1. The average Bonchev–Trinajstić information content (AvgIpc) is 3.34. The number of sulfone groups is 1. The van der Waals surface area contributed by atoms with Crippen LogP contribution >= 0.6 is 7.14 Å². The Morgan fingerprint density at radius 3 is 2.69 bits per heavy atom. The van der Waals surface area contributed by atoms with Crippen LogP contribution in [0.1, 0.15) is 37.9 Å². The van der Waals surface area contributed by atoms with Gasteiger partial charge in [0, 0.05) is 41.7 Å². The molecule has 0 unspecified atom stereocenters. The van der Waals surface area contributed by atoms with Crippen LogP contribution in [0.5, 0.6) is 0 Å². The number of fused-ring (bicyclic) bond motifs is 2. The molecule has 1 aromatic carbocycles. The van der Waals surface area contributed by atoms with E-state index in [9.17, 15) is 18.2 Å². The number of nitriles is 1. The lowest BCUT2D eigenvalue weighted by atomic mass is 9.91. The fourth-order valence-corrected chi connectivity index (χ4v) is 8.08. The number of H-pyrrole nitrogens is 1. The highest BCUT2D eigenvalue weighted by molar-refractivity contribution is 7.91. The van der Waals surface area contributed by atoms with Gasteiger partial charge in [-0.25, -0.2) is 18.4 Å². The van der Waals surface area contributed by atoms with E-state index in [1.54, 1.807) is 31.7 Å². The lowest BCUT2D eigenvalue weighted by molar-refractivity contribution is 0.289. The maximum Gasteiger partial charge on any atom is 0.223 e. The molecule has 0 spiro atoms. The van der Waals surface area contributed by atoms with Crippen molar-refractivity contribution in [3.05, 3.63) is 29.6 Å². The molecule has 1 fully saturated rings. The number of aromatic nitrogens is 3. The van der Waals surface area contributed by atoms with Crippen LogP contribution in [0.15, 0.2) is 23.2 Å². The van der Waals surface area contributed by atoms with Crippen LogP contribution in [0.2, 0.25) is 0 Å². The lowest BCUT2D eigenvalue weighted by Gasteiger charge is -2.36. The number of hydrogen-bond donors (Lipinski definition) is 3. The number of piperidine rings is 1. The smallest absolute Gasteiger partial charge is 0.223 e. The quantitative estimate of drug-likeness (QED) is 0.453. The maximum atomic E-state index is 13.1. The predicted octanol–water partition coefficient (Wildman–Crippen LogP) is 3.02. The van der Waals surface area contributed by atoms with E-state index in [0.29, 0.717) is 51.1 Å². The Hall–Kier alpha value is -2.73. The van der Waals surface area contributed by atoms with Crippen LogP contribution < -0.4 is 15.9 Å². The number of aromatic amines is 1. The summed E-state index contributed by atoms with van der Waals surface area (Å²) in [4.78, 5) is 12.6. The van der Waals surface area contributed by atoms with E-state index in [1.165, 1.54) is 0 Å². The van der Waals surface area contributed by atoms with Gasteiger partial charge in [-0.05, 0) is 46.1 Å². The van der Waals surface area contributed by atoms with Crippen molar-refractivity contribution in [2.24, 2.45) is 0 Å². The third-order valence-electron chi connectivity index (χ3n) is 6.88. The van der Waals surface area contributed by atoms with E-state index in [4.69, 9.17) is 4.98 Å². The normalized spacial score (nSPS) is 20.9. The molecule has 9 nitrogen and oxygen atoms in total. The van der Waals surface area contributed by atoms with E-state index in [0.717, 1.165) is 19.4 Å². The summed E-state index contributed by atoms with van der Waals surface area (Å²) >= 11 is 0. The molecular formula is C24H29N6O3PS. The molecule has 0 aliphatic carbocycles. The number of anilines is 1. The first-order valence-electron chi connectivity index (χ1n) is 11.6. The molecule has 0 radical (unpaired) electrons. The summed E-state index contributed by atoms with van der Waals surface area (Å²) in [6, 6.07) is 5.66. The molecule has 11 heteroatoms. The van der Waals surface area contributed by atoms with Crippen LogP contribution in [-0.2, 0) is 20.8 Å². The minimum absolute atomic E-state index is 0.00204. The van der Waals surface area contributed by atoms with Gasteiger partial charge in [0.05, 0.1) is 39.6 Å². The highest BCUT2D eigenvalue weighted by atomic mass is 32.2. The molecular weight excluding hydrogens is 483 g/mol. The summed E-state index contributed by atoms with van der Waals surface area (Å²) in [5.74, 6) is 0.403. The van der Waals surface area contributed by atoms with E-state index in [2.05, 4.69) is 40.5 Å². The molecule has 0 amide bonds. The third kappa shape index (κ3) is 4.26. The van der Waals surface area contributed by atoms with Crippen molar-refractivity contribution >= 4 is 39.1 Å². The summed E-state index contributed by atoms with van der Waals surface area (Å²) in [6.45, 7) is 8.35. The van der Waals surface area contributed by atoms with E-state index in [-0.39, 0.29) is 22.2 Å². The largest absolute Gasteiger partial charge is 0.360 e. The van der Waals surface area contributed by atoms with Crippen LogP contribution in [0.25, 0.3) is 22.2 Å². The van der Waals surface area contributed by atoms with Crippen molar-refractivity contribution in [2.45, 2.75) is 49.6 Å². The van der Waals surface area contributed by atoms with Crippen molar-refractivity contribution in [1.29, 1.82) is 5.26 Å². The molecule has 184 valence electrons. The summed E-state index contributed by atoms with van der Waals surface area (Å²) in [7, 11) is -6.34. The molecule has 3 N–H and O–H groups in total. The first-order valence-corrected chi connectivity index (χ1v) is 15.9. The van der Waals surface area contributed by atoms with E-state index >= 15 is 0 Å². The summed E-state index contributed by atoms with van der Waals surface area (Å²) < 4.78 is 39.1. The highest BCUT2D eigenvalue weighted by Crippen LogP contribution is 2.42. The van der Waals surface area contributed by atoms with Crippen LogP contribution in [0.3, 0.4) is 0 Å². The fraction of sp³-hybridized carbons (Fsp3) is 0.458. The molecule has 4 heterocycles. The molecule has 0 bridgehead atoms. The molecule has 2 aliphatic rings. The summed E-state index contributed by atoms with van der Waals surface area (Å²) in [5.41, 5.74) is 2.44. The van der Waals surface area contributed by atoms with Gasteiger partial charge in [-0.15, -0.1) is 0 Å². The Morgan fingerprint density at radius 2 is 2.03 bits per heavy atom. The third-order valence-corrected chi connectivity index (χ3v) is 10.2. The Balaban J connectivity index is 1.66. The monoisotopic (exact) mass is 512 g/mol. The zero-order valence-corrected chi connectivity index (χ0v) is 22.0. The summed E-state index contributed by atoms with van der Waals surface area (Å²) in [6.07, 6.45) is 3.97. The van der Waals surface area contributed by atoms with Crippen molar-refractivity contribution in [3.8, 4) is 17.3 Å². The number of aryl methyl sites for hydroxylation is 1. The molecule has 1 atom stereocenters.